The van der Waals surface area contributed by atoms with Crippen molar-refractivity contribution >= 4 is 5.82 Å². The molecular formula is C13H17FN4O. The van der Waals surface area contributed by atoms with Crippen LogP contribution in [0.1, 0.15) is 25.6 Å². The van der Waals surface area contributed by atoms with E-state index in [4.69, 9.17) is 16.3 Å². The van der Waals surface area contributed by atoms with Crippen molar-refractivity contribution in [2.75, 3.05) is 18.7 Å². The smallest absolute Gasteiger partial charge is 0.165 e. The van der Waals surface area contributed by atoms with Crippen molar-refractivity contribution in [3.05, 3.63) is 29.8 Å². The molecule has 6 heteroatoms. The van der Waals surface area contributed by atoms with Gasteiger partial charge in [0.1, 0.15) is 11.5 Å². The van der Waals surface area contributed by atoms with Crippen molar-refractivity contribution in [2.24, 2.45) is 0 Å². The molecule has 0 saturated heterocycles. The number of halogens is 1. The van der Waals surface area contributed by atoms with Crippen LogP contribution in [0.4, 0.5) is 10.2 Å². The number of ether oxygens (including phenoxy) is 1. The van der Waals surface area contributed by atoms with Crippen molar-refractivity contribution in [3.63, 3.8) is 0 Å². The molecule has 19 heavy (non-hydrogen) atoms. The van der Waals surface area contributed by atoms with Gasteiger partial charge < -0.3 is 16.3 Å². The summed E-state index contributed by atoms with van der Waals surface area (Å²) < 4.78 is 19.9. The van der Waals surface area contributed by atoms with Gasteiger partial charge >= 0.3 is 0 Å². The highest BCUT2D eigenvalue weighted by atomic mass is 19.1. The van der Waals surface area contributed by atoms with Crippen molar-refractivity contribution in [1.82, 2.24) is 9.66 Å². The lowest BCUT2D eigenvalue weighted by Gasteiger charge is -2.05. The van der Waals surface area contributed by atoms with Crippen molar-refractivity contribution in [2.45, 2.75) is 19.8 Å². The van der Waals surface area contributed by atoms with Crippen LogP contribution in [0.3, 0.4) is 0 Å². The molecule has 0 spiro atoms. The van der Waals surface area contributed by atoms with Crippen molar-refractivity contribution in [3.8, 4) is 17.0 Å². The summed E-state index contributed by atoms with van der Waals surface area (Å²) in [6.07, 6.45) is 0. The van der Waals surface area contributed by atoms with E-state index in [0.29, 0.717) is 22.9 Å². The summed E-state index contributed by atoms with van der Waals surface area (Å²) in [5.41, 5.74) is 6.97. The van der Waals surface area contributed by atoms with Gasteiger partial charge in [0.05, 0.1) is 7.11 Å². The summed E-state index contributed by atoms with van der Waals surface area (Å²) in [4.78, 5) is 4.38. The molecule has 1 aromatic heterocycles. The van der Waals surface area contributed by atoms with E-state index in [9.17, 15) is 4.39 Å². The second kappa shape index (κ2) is 4.79. The number of hydrogen-bond donors (Lipinski definition) is 2. The molecule has 1 aromatic carbocycles. The summed E-state index contributed by atoms with van der Waals surface area (Å²) >= 11 is 0. The molecule has 0 aliphatic rings. The van der Waals surface area contributed by atoms with Crippen LogP contribution in [-0.4, -0.2) is 16.8 Å². The van der Waals surface area contributed by atoms with Crippen LogP contribution < -0.4 is 16.3 Å². The second-order valence-corrected chi connectivity index (χ2v) is 4.58. The Kier molecular flexibility index (Phi) is 3.33. The minimum Gasteiger partial charge on any atom is -0.494 e. The third-order valence-corrected chi connectivity index (χ3v) is 2.92. The number of rotatable bonds is 3. The fourth-order valence-corrected chi connectivity index (χ4v) is 1.90. The zero-order valence-electron chi connectivity index (χ0n) is 11.1. The Hall–Kier alpha value is -2.24. The van der Waals surface area contributed by atoms with E-state index in [2.05, 4.69) is 4.98 Å². The van der Waals surface area contributed by atoms with Gasteiger partial charge in [0.2, 0.25) is 0 Å². The molecule has 0 atom stereocenters. The summed E-state index contributed by atoms with van der Waals surface area (Å²) in [6, 6.07) is 4.57. The van der Waals surface area contributed by atoms with E-state index < -0.39 is 5.82 Å². The van der Waals surface area contributed by atoms with Crippen LogP contribution in [0.5, 0.6) is 5.75 Å². The second-order valence-electron chi connectivity index (χ2n) is 4.58. The van der Waals surface area contributed by atoms with Gasteiger partial charge in [-0.2, -0.15) is 0 Å². The average molecular weight is 264 g/mol. The van der Waals surface area contributed by atoms with Gasteiger partial charge in [-0.15, -0.1) is 0 Å². The van der Waals surface area contributed by atoms with E-state index in [1.54, 1.807) is 6.07 Å². The van der Waals surface area contributed by atoms with Crippen LogP contribution >= 0.6 is 0 Å². The lowest BCUT2D eigenvalue weighted by atomic mass is 10.1. The summed E-state index contributed by atoms with van der Waals surface area (Å²) in [7, 11) is 1.41. The summed E-state index contributed by atoms with van der Waals surface area (Å²) in [6.45, 7) is 3.92. The molecule has 4 N–H and O–H groups in total. The lowest BCUT2D eigenvalue weighted by molar-refractivity contribution is 0.386. The Morgan fingerprint density at radius 3 is 2.53 bits per heavy atom. The minimum absolute atomic E-state index is 0.129. The Balaban J connectivity index is 2.53. The average Bonchev–Trinajstić information content (AvgIpc) is 2.66. The van der Waals surface area contributed by atoms with Gasteiger partial charge in [0.15, 0.2) is 17.4 Å². The molecule has 0 aliphatic carbocycles. The number of hydrogen-bond acceptors (Lipinski definition) is 4. The predicted molar refractivity (Wildman–Crippen MR) is 72.8 cm³/mol. The molecule has 1 heterocycles. The third kappa shape index (κ3) is 2.21. The Morgan fingerprint density at radius 1 is 1.37 bits per heavy atom. The minimum atomic E-state index is -0.461. The highest BCUT2D eigenvalue weighted by Crippen LogP contribution is 2.30. The Bertz CT molecular complexity index is 607. The maximum Gasteiger partial charge on any atom is 0.165 e. The van der Waals surface area contributed by atoms with Gasteiger partial charge in [-0.1, -0.05) is 13.8 Å². The highest BCUT2D eigenvalue weighted by Gasteiger charge is 2.17. The first-order chi connectivity index (χ1) is 8.95. The van der Waals surface area contributed by atoms with Crippen LogP contribution in [0.15, 0.2) is 18.2 Å². The maximum absolute atomic E-state index is 13.7. The number of nitrogens with two attached hydrogens (primary N) is 2. The number of aromatic nitrogens is 2. The molecule has 0 bridgehead atoms. The molecule has 0 saturated carbocycles. The van der Waals surface area contributed by atoms with Crippen LogP contribution in [-0.2, 0) is 0 Å². The summed E-state index contributed by atoms with van der Waals surface area (Å²) in [5, 5.41) is 0. The Morgan fingerprint density at radius 2 is 2.05 bits per heavy atom. The number of imidazole rings is 1. The Labute approximate surface area is 111 Å². The van der Waals surface area contributed by atoms with Gasteiger partial charge in [-0.05, 0) is 18.2 Å². The normalized spacial score (nSPS) is 11.0. The monoisotopic (exact) mass is 264 g/mol. The first kappa shape index (κ1) is 13.2. The standard InChI is InChI=1S/C13H17FN4O/c1-7(2)13-17-11(12(15)18(13)16)8-4-5-10(19-3)9(14)6-8/h4-7H,15-16H2,1-3H3. The van der Waals surface area contributed by atoms with Crippen molar-refractivity contribution in [1.29, 1.82) is 0 Å². The molecule has 0 unspecified atom stereocenters. The molecule has 0 radical (unpaired) electrons. The van der Waals surface area contributed by atoms with E-state index in [1.807, 2.05) is 13.8 Å². The van der Waals surface area contributed by atoms with E-state index in [0.717, 1.165) is 0 Å². The van der Waals surface area contributed by atoms with Gasteiger partial charge in [-0.3, -0.25) is 0 Å². The topological polar surface area (TPSA) is 79.1 Å². The number of benzene rings is 1. The van der Waals surface area contributed by atoms with Gasteiger partial charge in [0.25, 0.3) is 0 Å². The number of nitrogen functional groups attached to an aromatic ring is 2. The largest absolute Gasteiger partial charge is 0.494 e. The van der Waals surface area contributed by atoms with E-state index >= 15 is 0 Å². The van der Waals surface area contributed by atoms with Crippen LogP contribution in [0.25, 0.3) is 11.3 Å². The molecule has 2 rings (SSSR count). The summed E-state index contributed by atoms with van der Waals surface area (Å²) in [5.74, 6) is 6.66. The molecule has 102 valence electrons. The molecule has 2 aromatic rings. The third-order valence-electron chi connectivity index (χ3n) is 2.92. The maximum atomic E-state index is 13.7. The fraction of sp³-hybridized carbons (Fsp3) is 0.308. The molecule has 0 amide bonds. The number of methoxy groups -OCH3 is 1. The van der Waals surface area contributed by atoms with E-state index in [1.165, 1.54) is 23.9 Å². The van der Waals surface area contributed by atoms with Crippen LogP contribution in [0, 0.1) is 5.82 Å². The zero-order valence-corrected chi connectivity index (χ0v) is 11.1. The number of nitrogens with zero attached hydrogens (tertiary/aromatic N) is 2. The molecule has 5 nitrogen and oxygen atoms in total. The molecule has 0 aliphatic heterocycles. The first-order valence-corrected chi connectivity index (χ1v) is 5.92. The quantitative estimate of drug-likeness (QED) is 0.832. The highest BCUT2D eigenvalue weighted by molar-refractivity contribution is 5.71. The number of anilines is 1. The zero-order chi connectivity index (χ0) is 14.2. The lowest BCUT2D eigenvalue weighted by Crippen LogP contribution is -2.16. The first-order valence-electron chi connectivity index (χ1n) is 5.92. The van der Waals surface area contributed by atoms with Gasteiger partial charge in [-0.25, -0.2) is 14.1 Å². The molecular weight excluding hydrogens is 247 g/mol. The predicted octanol–water partition coefficient (Wildman–Crippen LogP) is 2.12. The molecule has 0 fully saturated rings. The fourth-order valence-electron chi connectivity index (χ4n) is 1.90. The van der Waals surface area contributed by atoms with Gasteiger partial charge in [0, 0.05) is 11.5 Å². The van der Waals surface area contributed by atoms with E-state index in [-0.39, 0.29) is 11.7 Å². The van der Waals surface area contributed by atoms with Crippen LogP contribution in [0.2, 0.25) is 0 Å². The SMILES string of the molecule is COc1ccc(-c2nc(C(C)C)n(N)c2N)cc1F. The van der Waals surface area contributed by atoms with Crippen molar-refractivity contribution < 1.29 is 9.13 Å².